The molecular weight excluding hydrogens is 298 g/mol. The van der Waals surface area contributed by atoms with E-state index in [1.165, 1.54) is 16.8 Å². The van der Waals surface area contributed by atoms with Crippen molar-refractivity contribution in [1.82, 2.24) is 15.1 Å². The Balaban J connectivity index is 1.98. The van der Waals surface area contributed by atoms with Gasteiger partial charge in [-0.15, -0.1) is 0 Å². The van der Waals surface area contributed by atoms with E-state index in [-0.39, 0.29) is 0 Å². The zero-order valence-corrected chi connectivity index (χ0v) is 16.1. The van der Waals surface area contributed by atoms with Gasteiger partial charge in [-0.25, -0.2) is 0 Å². The van der Waals surface area contributed by atoms with Crippen molar-refractivity contribution in [3.63, 3.8) is 0 Å². The Labute approximate surface area is 146 Å². The van der Waals surface area contributed by atoms with Gasteiger partial charge in [0.15, 0.2) is 0 Å². The minimum absolute atomic E-state index is 0.394. The number of nitrogens with zero attached hydrogens (tertiary/aromatic N) is 2. The number of benzene rings is 1. The third-order valence-corrected chi connectivity index (χ3v) is 5.11. The maximum Gasteiger partial charge on any atom is 0.118 e. The average Bonchev–Trinajstić information content (AvgIpc) is 2.80. The second-order valence-corrected chi connectivity index (χ2v) is 6.90. The van der Waals surface area contributed by atoms with Crippen LogP contribution in [-0.2, 0) is 13.5 Å². The second-order valence-electron chi connectivity index (χ2n) is 6.90. The Morgan fingerprint density at radius 2 is 1.75 bits per heavy atom. The van der Waals surface area contributed by atoms with E-state index in [2.05, 4.69) is 57.2 Å². The summed E-state index contributed by atoms with van der Waals surface area (Å²) in [6.07, 6.45) is 1.01. The molecule has 4 heteroatoms. The SMILES string of the molecule is COc1ccc(C(C)C(C)NC(C)Cc2c(C)nn(C)c2C)cc1. The van der Waals surface area contributed by atoms with Crippen LogP contribution in [-0.4, -0.2) is 29.0 Å². The first-order valence-electron chi connectivity index (χ1n) is 8.72. The van der Waals surface area contributed by atoms with Crippen LogP contribution in [0.4, 0.5) is 0 Å². The van der Waals surface area contributed by atoms with Gasteiger partial charge in [0, 0.05) is 24.8 Å². The minimum atomic E-state index is 0.394. The summed E-state index contributed by atoms with van der Waals surface area (Å²) in [5.74, 6) is 1.34. The number of ether oxygens (including phenoxy) is 1. The molecule has 2 aromatic rings. The van der Waals surface area contributed by atoms with E-state index in [4.69, 9.17) is 4.74 Å². The molecule has 3 unspecified atom stereocenters. The van der Waals surface area contributed by atoms with Gasteiger partial charge in [0.05, 0.1) is 12.8 Å². The fraction of sp³-hybridized carbons (Fsp3) is 0.550. The van der Waals surface area contributed by atoms with Crippen molar-refractivity contribution in [3.05, 3.63) is 46.8 Å². The molecule has 4 nitrogen and oxygen atoms in total. The van der Waals surface area contributed by atoms with Crippen molar-refractivity contribution < 1.29 is 4.74 Å². The highest BCUT2D eigenvalue weighted by Gasteiger charge is 2.18. The minimum Gasteiger partial charge on any atom is -0.497 e. The summed E-state index contributed by atoms with van der Waals surface area (Å²) in [7, 11) is 3.71. The Hall–Kier alpha value is -1.81. The highest BCUT2D eigenvalue weighted by atomic mass is 16.5. The molecule has 1 N–H and O–H groups in total. The number of rotatable bonds is 7. The molecule has 0 amide bonds. The van der Waals surface area contributed by atoms with Crippen molar-refractivity contribution >= 4 is 0 Å². The van der Waals surface area contributed by atoms with Crippen LogP contribution >= 0.6 is 0 Å². The lowest BCUT2D eigenvalue weighted by molar-refractivity contribution is 0.411. The molecule has 1 aromatic heterocycles. The zero-order valence-electron chi connectivity index (χ0n) is 16.1. The molecule has 2 rings (SSSR count). The van der Waals surface area contributed by atoms with Crippen molar-refractivity contribution in [2.45, 2.75) is 59.0 Å². The Morgan fingerprint density at radius 3 is 2.25 bits per heavy atom. The smallest absolute Gasteiger partial charge is 0.118 e. The molecule has 0 saturated carbocycles. The number of hydrogen-bond donors (Lipinski definition) is 1. The molecule has 24 heavy (non-hydrogen) atoms. The molecule has 0 aliphatic carbocycles. The lowest BCUT2D eigenvalue weighted by Crippen LogP contribution is -2.39. The topological polar surface area (TPSA) is 39.1 Å². The van der Waals surface area contributed by atoms with E-state index in [1.807, 2.05) is 23.9 Å². The largest absolute Gasteiger partial charge is 0.497 e. The Kier molecular flexibility index (Phi) is 6.05. The van der Waals surface area contributed by atoms with E-state index >= 15 is 0 Å². The van der Waals surface area contributed by atoms with E-state index < -0.39 is 0 Å². The highest BCUT2D eigenvalue weighted by Crippen LogP contribution is 2.23. The first-order valence-corrected chi connectivity index (χ1v) is 8.72. The molecular formula is C20H31N3O. The average molecular weight is 329 g/mol. The third kappa shape index (κ3) is 4.18. The van der Waals surface area contributed by atoms with Gasteiger partial charge >= 0.3 is 0 Å². The monoisotopic (exact) mass is 329 g/mol. The second kappa shape index (κ2) is 7.84. The lowest BCUT2D eigenvalue weighted by Gasteiger charge is -2.26. The predicted molar refractivity (Wildman–Crippen MR) is 99.9 cm³/mol. The van der Waals surface area contributed by atoms with Crippen molar-refractivity contribution in [2.75, 3.05) is 7.11 Å². The number of aryl methyl sites for hydroxylation is 2. The molecule has 0 fully saturated rings. The highest BCUT2D eigenvalue weighted by molar-refractivity contribution is 5.30. The van der Waals surface area contributed by atoms with Crippen LogP contribution in [0.5, 0.6) is 5.75 Å². The van der Waals surface area contributed by atoms with Crippen LogP contribution in [0.1, 0.15) is 49.2 Å². The van der Waals surface area contributed by atoms with Gasteiger partial charge < -0.3 is 10.1 Å². The third-order valence-electron chi connectivity index (χ3n) is 5.11. The fourth-order valence-corrected chi connectivity index (χ4v) is 3.27. The molecule has 0 saturated heterocycles. The number of hydrogen-bond acceptors (Lipinski definition) is 3. The lowest BCUT2D eigenvalue weighted by atomic mass is 9.93. The van der Waals surface area contributed by atoms with Gasteiger partial charge in [-0.3, -0.25) is 4.68 Å². The van der Waals surface area contributed by atoms with Gasteiger partial charge in [0.2, 0.25) is 0 Å². The standard InChI is InChI=1S/C20H31N3O/c1-13(12-20-16(4)22-23(6)17(20)5)21-15(3)14(2)18-8-10-19(24-7)11-9-18/h8-11,13-15,21H,12H2,1-7H3. The summed E-state index contributed by atoms with van der Waals surface area (Å²) < 4.78 is 7.21. The van der Waals surface area contributed by atoms with Crippen molar-refractivity contribution in [2.24, 2.45) is 7.05 Å². The van der Waals surface area contributed by atoms with E-state index in [0.29, 0.717) is 18.0 Å². The summed E-state index contributed by atoms with van der Waals surface area (Å²) in [5, 5.41) is 8.27. The normalized spacial score (nSPS) is 15.1. The molecule has 1 aromatic carbocycles. The van der Waals surface area contributed by atoms with Crippen LogP contribution in [0.2, 0.25) is 0 Å². The molecule has 1 heterocycles. The first-order chi connectivity index (χ1) is 11.3. The summed E-state index contributed by atoms with van der Waals surface area (Å²) in [4.78, 5) is 0. The van der Waals surface area contributed by atoms with Crippen LogP contribution in [0.25, 0.3) is 0 Å². The predicted octanol–water partition coefficient (Wildman–Crippen LogP) is 3.76. The summed E-state index contributed by atoms with van der Waals surface area (Å²) in [6.45, 7) is 11.0. The maximum atomic E-state index is 5.24. The van der Waals surface area contributed by atoms with Gasteiger partial charge in [0.1, 0.15) is 5.75 Å². The van der Waals surface area contributed by atoms with Gasteiger partial charge in [-0.05, 0) is 63.3 Å². The summed E-state index contributed by atoms with van der Waals surface area (Å²) in [6, 6.07) is 9.17. The summed E-state index contributed by atoms with van der Waals surface area (Å²) >= 11 is 0. The fourth-order valence-electron chi connectivity index (χ4n) is 3.27. The molecule has 132 valence electrons. The molecule has 0 radical (unpaired) electrons. The Morgan fingerprint density at radius 1 is 1.12 bits per heavy atom. The molecule has 0 spiro atoms. The first kappa shape index (κ1) is 18.5. The molecule has 0 aliphatic rings. The van der Waals surface area contributed by atoms with Crippen LogP contribution in [0, 0.1) is 13.8 Å². The molecule has 0 bridgehead atoms. The zero-order chi connectivity index (χ0) is 17.9. The van der Waals surface area contributed by atoms with Gasteiger partial charge in [-0.1, -0.05) is 19.1 Å². The van der Waals surface area contributed by atoms with Gasteiger partial charge in [-0.2, -0.15) is 5.10 Å². The number of aromatic nitrogens is 2. The van der Waals surface area contributed by atoms with Gasteiger partial charge in [0.25, 0.3) is 0 Å². The molecule has 0 aliphatic heterocycles. The van der Waals surface area contributed by atoms with E-state index in [9.17, 15) is 0 Å². The Bertz CT molecular complexity index is 660. The maximum absolute atomic E-state index is 5.24. The quantitative estimate of drug-likeness (QED) is 0.841. The van der Waals surface area contributed by atoms with Crippen molar-refractivity contribution in [1.29, 1.82) is 0 Å². The van der Waals surface area contributed by atoms with Crippen LogP contribution < -0.4 is 10.1 Å². The van der Waals surface area contributed by atoms with Crippen molar-refractivity contribution in [3.8, 4) is 5.75 Å². The molecule has 3 atom stereocenters. The van der Waals surface area contributed by atoms with E-state index in [0.717, 1.165) is 17.9 Å². The van der Waals surface area contributed by atoms with Crippen LogP contribution in [0.15, 0.2) is 24.3 Å². The van der Waals surface area contributed by atoms with Crippen LogP contribution in [0.3, 0.4) is 0 Å². The number of nitrogens with one attached hydrogen (secondary N) is 1. The number of methoxy groups -OCH3 is 1. The summed E-state index contributed by atoms with van der Waals surface area (Å²) in [5.41, 5.74) is 5.09. The van der Waals surface area contributed by atoms with E-state index in [1.54, 1.807) is 7.11 Å².